The van der Waals surface area contributed by atoms with Gasteiger partial charge in [0, 0.05) is 24.4 Å². The molecule has 2 heterocycles. The third kappa shape index (κ3) is 2.87. The van der Waals surface area contributed by atoms with E-state index in [2.05, 4.69) is 10.1 Å². The minimum absolute atomic E-state index is 0.139. The molecule has 1 amide bonds. The van der Waals surface area contributed by atoms with E-state index < -0.39 is 5.82 Å². The fraction of sp³-hybridized carbons (Fsp3) is 0.250. The van der Waals surface area contributed by atoms with Crippen molar-refractivity contribution in [1.29, 1.82) is 0 Å². The monoisotopic (exact) mass is 351 g/mol. The summed E-state index contributed by atoms with van der Waals surface area (Å²) in [5.41, 5.74) is 3.02. The maximum atomic E-state index is 14.2. The predicted octanol–water partition coefficient (Wildman–Crippen LogP) is 4.01. The van der Waals surface area contributed by atoms with Crippen molar-refractivity contribution in [2.75, 3.05) is 11.4 Å². The highest BCUT2D eigenvalue weighted by molar-refractivity contribution is 5.96. The Hall–Kier alpha value is -3.02. The molecule has 2 aromatic carbocycles. The number of aromatic nitrogens is 2. The number of hydrogen-bond acceptors (Lipinski definition) is 4. The van der Waals surface area contributed by atoms with Crippen LogP contribution >= 0.6 is 0 Å². The maximum absolute atomic E-state index is 14.2. The predicted molar refractivity (Wildman–Crippen MR) is 95.3 cm³/mol. The minimum Gasteiger partial charge on any atom is -0.334 e. The van der Waals surface area contributed by atoms with Gasteiger partial charge in [0.15, 0.2) is 5.82 Å². The standard InChI is InChI=1S/C20H18FN3O2/c1-12-7-8-17(16(21)9-12)24-11-14(10-18(24)25)19-22-20(26-23-19)15-6-4-3-5-13(15)2/h3-9,14H,10-11H2,1-2H3. The number of nitrogens with zero attached hydrogens (tertiary/aromatic N) is 3. The number of amides is 1. The summed E-state index contributed by atoms with van der Waals surface area (Å²) in [5.74, 6) is 0.162. The average Bonchev–Trinajstić information content (AvgIpc) is 3.22. The molecule has 0 bridgehead atoms. The molecule has 4 rings (SSSR count). The Balaban J connectivity index is 1.59. The summed E-state index contributed by atoms with van der Waals surface area (Å²) in [4.78, 5) is 18.3. The van der Waals surface area contributed by atoms with Crippen molar-refractivity contribution in [2.45, 2.75) is 26.2 Å². The lowest BCUT2D eigenvalue weighted by Gasteiger charge is -2.17. The molecule has 6 heteroatoms. The van der Waals surface area contributed by atoms with Crippen LogP contribution in [0.2, 0.25) is 0 Å². The van der Waals surface area contributed by atoms with E-state index in [1.165, 1.54) is 11.0 Å². The first-order chi connectivity index (χ1) is 12.5. The molecule has 1 unspecified atom stereocenters. The van der Waals surface area contributed by atoms with Crippen LogP contribution in [0.4, 0.5) is 10.1 Å². The molecule has 0 N–H and O–H groups in total. The largest absolute Gasteiger partial charge is 0.334 e. The summed E-state index contributed by atoms with van der Waals surface area (Å²) in [6.07, 6.45) is 0.236. The van der Waals surface area contributed by atoms with Crippen molar-refractivity contribution in [3.63, 3.8) is 0 Å². The second kappa shape index (κ2) is 6.37. The van der Waals surface area contributed by atoms with Crippen LogP contribution in [0.1, 0.15) is 29.3 Å². The van der Waals surface area contributed by atoms with E-state index in [0.29, 0.717) is 23.9 Å². The summed E-state index contributed by atoms with van der Waals surface area (Å²) in [6, 6.07) is 12.6. The number of benzene rings is 2. The molecule has 5 nitrogen and oxygen atoms in total. The van der Waals surface area contributed by atoms with Crippen LogP contribution in [0.5, 0.6) is 0 Å². The quantitative estimate of drug-likeness (QED) is 0.715. The summed E-state index contributed by atoms with van der Waals surface area (Å²) in [5, 5.41) is 4.06. The average molecular weight is 351 g/mol. The number of aryl methyl sites for hydroxylation is 2. The van der Waals surface area contributed by atoms with E-state index in [4.69, 9.17) is 4.52 Å². The zero-order valence-corrected chi connectivity index (χ0v) is 14.6. The highest BCUT2D eigenvalue weighted by Crippen LogP contribution is 2.33. The summed E-state index contributed by atoms with van der Waals surface area (Å²) in [7, 11) is 0. The number of halogens is 1. The number of anilines is 1. The second-order valence-corrected chi connectivity index (χ2v) is 6.63. The second-order valence-electron chi connectivity index (χ2n) is 6.63. The highest BCUT2D eigenvalue weighted by Gasteiger charge is 2.35. The van der Waals surface area contributed by atoms with Crippen molar-refractivity contribution in [1.82, 2.24) is 10.1 Å². The number of hydrogen-bond donors (Lipinski definition) is 0. The molecule has 1 saturated heterocycles. The summed E-state index contributed by atoms with van der Waals surface area (Å²) >= 11 is 0. The third-order valence-corrected chi connectivity index (χ3v) is 4.70. The van der Waals surface area contributed by atoms with Crippen LogP contribution in [0, 0.1) is 19.7 Å². The van der Waals surface area contributed by atoms with Crippen LogP contribution in [0.25, 0.3) is 11.5 Å². The normalized spacial score (nSPS) is 17.1. The van der Waals surface area contributed by atoms with E-state index in [-0.39, 0.29) is 18.2 Å². The van der Waals surface area contributed by atoms with Crippen LogP contribution in [-0.4, -0.2) is 22.6 Å². The van der Waals surface area contributed by atoms with Crippen molar-refractivity contribution in [2.24, 2.45) is 0 Å². The SMILES string of the molecule is Cc1ccc(N2CC(c3noc(-c4ccccc4C)n3)CC2=O)c(F)c1. The molecular weight excluding hydrogens is 333 g/mol. The Labute approximate surface area is 150 Å². The molecule has 26 heavy (non-hydrogen) atoms. The summed E-state index contributed by atoms with van der Waals surface area (Å²) < 4.78 is 19.6. The molecule has 3 aromatic rings. The number of rotatable bonds is 3. The minimum atomic E-state index is -0.396. The lowest BCUT2D eigenvalue weighted by molar-refractivity contribution is -0.117. The fourth-order valence-electron chi connectivity index (χ4n) is 3.27. The van der Waals surface area contributed by atoms with Crippen molar-refractivity contribution < 1.29 is 13.7 Å². The molecule has 0 aliphatic carbocycles. The van der Waals surface area contributed by atoms with Gasteiger partial charge in [0.25, 0.3) is 5.89 Å². The Bertz CT molecular complexity index is 983. The molecule has 1 atom stereocenters. The summed E-state index contributed by atoms with van der Waals surface area (Å²) in [6.45, 7) is 4.12. The van der Waals surface area contributed by atoms with Gasteiger partial charge in [-0.05, 0) is 43.2 Å². The molecule has 1 aliphatic heterocycles. The third-order valence-electron chi connectivity index (χ3n) is 4.70. The molecule has 132 valence electrons. The number of carbonyl (C=O) groups is 1. The zero-order chi connectivity index (χ0) is 18.3. The van der Waals surface area contributed by atoms with Gasteiger partial charge in [0.2, 0.25) is 5.91 Å². The van der Waals surface area contributed by atoms with Gasteiger partial charge in [-0.2, -0.15) is 4.98 Å². The maximum Gasteiger partial charge on any atom is 0.258 e. The molecule has 1 aromatic heterocycles. The van der Waals surface area contributed by atoms with Gasteiger partial charge in [-0.3, -0.25) is 4.79 Å². The zero-order valence-electron chi connectivity index (χ0n) is 14.6. The molecular formula is C20H18FN3O2. The first kappa shape index (κ1) is 16.4. The van der Waals surface area contributed by atoms with Gasteiger partial charge < -0.3 is 9.42 Å². The lowest BCUT2D eigenvalue weighted by Crippen LogP contribution is -2.25. The molecule has 0 spiro atoms. The molecule has 1 fully saturated rings. The first-order valence-electron chi connectivity index (χ1n) is 8.49. The van der Waals surface area contributed by atoms with Crippen molar-refractivity contribution in [3.8, 4) is 11.5 Å². The molecule has 0 radical (unpaired) electrons. The molecule has 1 aliphatic rings. The van der Waals surface area contributed by atoms with E-state index in [0.717, 1.165) is 16.7 Å². The van der Waals surface area contributed by atoms with Gasteiger partial charge in [0.1, 0.15) is 5.82 Å². The van der Waals surface area contributed by atoms with E-state index in [1.807, 2.05) is 38.1 Å². The Morgan fingerprint density at radius 3 is 2.77 bits per heavy atom. The topological polar surface area (TPSA) is 59.2 Å². The van der Waals surface area contributed by atoms with Gasteiger partial charge in [-0.25, -0.2) is 4.39 Å². The van der Waals surface area contributed by atoms with Crippen LogP contribution < -0.4 is 4.90 Å². The lowest BCUT2D eigenvalue weighted by atomic mass is 10.1. The molecule has 0 saturated carbocycles. The Morgan fingerprint density at radius 1 is 1.19 bits per heavy atom. The van der Waals surface area contributed by atoms with E-state index in [1.54, 1.807) is 12.1 Å². The number of carbonyl (C=O) groups excluding carboxylic acids is 1. The van der Waals surface area contributed by atoms with Gasteiger partial charge in [-0.1, -0.05) is 29.4 Å². The van der Waals surface area contributed by atoms with Gasteiger partial charge in [-0.15, -0.1) is 0 Å². The van der Waals surface area contributed by atoms with Crippen LogP contribution in [-0.2, 0) is 4.79 Å². The highest BCUT2D eigenvalue weighted by atomic mass is 19.1. The van der Waals surface area contributed by atoms with E-state index in [9.17, 15) is 9.18 Å². The van der Waals surface area contributed by atoms with Crippen LogP contribution in [0.15, 0.2) is 47.0 Å². The first-order valence-corrected chi connectivity index (χ1v) is 8.49. The van der Waals surface area contributed by atoms with Crippen LogP contribution in [0.3, 0.4) is 0 Å². The van der Waals surface area contributed by atoms with E-state index >= 15 is 0 Å². The smallest absolute Gasteiger partial charge is 0.258 e. The Morgan fingerprint density at radius 2 is 2.00 bits per heavy atom. The van der Waals surface area contributed by atoms with Gasteiger partial charge in [0.05, 0.1) is 5.69 Å². The van der Waals surface area contributed by atoms with Gasteiger partial charge >= 0.3 is 0 Å². The fourth-order valence-corrected chi connectivity index (χ4v) is 3.27. The van der Waals surface area contributed by atoms with Crippen molar-refractivity contribution in [3.05, 3.63) is 65.2 Å². The van der Waals surface area contributed by atoms with Crippen molar-refractivity contribution >= 4 is 11.6 Å². The Kier molecular flexibility index (Phi) is 4.03.